The molecule has 3 fully saturated rings. The first-order valence-electron chi connectivity index (χ1n) is 23.1. The highest BCUT2D eigenvalue weighted by Gasteiger charge is 2.37. The number of pyridine rings is 1. The third kappa shape index (κ3) is 12.3. The molecule has 68 heavy (non-hydrogen) atoms. The van der Waals surface area contributed by atoms with Crippen molar-refractivity contribution in [2.24, 2.45) is 5.92 Å². The van der Waals surface area contributed by atoms with Gasteiger partial charge in [-0.1, -0.05) is 78.9 Å². The number of nitrogens with zero attached hydrogens (tertiary/aromatic N) is 1. The van der Waals surface area contributed by atoms with Crippen LogP contribution < -0.4 is 25.7 Å². The number of carbonyl (C=O) groups is 2. The van der Waals surface area contributed by atoms with Crippen LogP contribution in [0, 0.1) is 5.92 Å². The van der Waals surface area contributed by atoms with Gasteiger partial charge in [0.25, 0.3) is 0 Å². The highest BCUT2D eigenvalue weighted by atomic mass is 32.2. The second kappa shape index (κ2) is 22.5. The molecule has 16 heteroatoms. The molecule has 356 valence electrons. The first kappa shape index (κ1) is 47.9. The lowest BCUT2D eigenvalue weighted by atomic mass is 9.86. The normalized spacial score (nSPS) is 17.6. The Balaban J connectivity index is 0.757. The van der Waals surface area contributed by atoms with Crippen LogP contribution in [0.1, 0.15) is 76.0 Å². The molecular weight excluding hydrogens is 887 g/mol. The van der Waals surface area contributed by atoms with E-state index < -0.39 is 34.2 Å². The smallest absolute Gasteiger partial charge is 0.408 e. The van der Waals surface area contributed by atoms with E-state index in [-0.39, 0.29) is 60.5 Å². The van der Waals surface area contributed by atoms with Crippen LogP contribution in [-0.2, 0) is 32.5 Å². The van der Waals surface area contributed by atoms with Crippen molar-refractivity contribution in [2.75, 3.05) is 45.9 Å². The first-order valence-corrected chi connectivity index (χ1v) is 24.5. The molecular formula is C52H57N5O10S. The van der Waals surface area contributed by atoms with Gasteiger partial charge in [-0.3, -0.25) is 9.69 Å². The monoisotopic (exact) mass is 943 g/mol. The number of carbonyl (C=O) groups excluding carboxylic acids is 2. The van der Waals surface area contributed by atoms with Gasteiger partial charge in [0.2, 0.25) is 15.6 Å². The van der Waals surface area contributed by atoms with Crippen LogP contribution in [0.2, 0.25) is 0 Å². The summed E-state index contributed by atoms with van der Waals surface area (Å²) >= 11 is 0. The molecule has 6 aromatic rings. The van der Waals surface area contributed by atoms with Gasteiger partial charge in [0, 0.05) is 31.1 Å². The predicted molar refractivity (Wildman–Crippen MR) is 257 cm³/mol. The lowest BCUT2D eigenvalue weighted by molar-refractivity contribution is -0.0336. The van der Waals surface area contributed by atoms with E-state index in [1.54, 1.807) is 60.7 Å². The van der Waals surface area contributed by atoms with Crippen LogP contribution in [0.5, 0.6) is 11.5 Å². The van der Waals surface area contributed by atoms with E-state index >= 15 is 0 Å². The first-order chi connectivity index (χ1) is 33.0. The number of H-pyrrole nitrogens is 1. The molecule has 6 N–H and O–H groups in total. The Labute approximate surface area is 395 Å². The van der Waals surface area contributed by atoms with E-state index in [1.807, 2.05) is 54.6 Å². The number of aliphatic hydroxyl groups excluding tert-OH is 1. The average Bonchev–Trinajstić information content (AvgIpc) is 3.36. The Morgan fingerprint density at radius 1 is 0.838 bits per heavy atom. The van der Waals surface area contributed by atoms with E-state index in [0.717, 1.165) is 49.2 Å². The number of phenolic OH excluding ortho intramolecular Hbond substituents is 1. The summed E-state index contributed by atoms with van der Waals surface area (Å²) in [6.07, 6.45) is 1.96. The second-order valence-corrected chi connectivity index (χ2v) is 19.0. The van der Waals surface area contributed by atoms with Crippen LogP contribution in [-0.4, -0.2) is 92.6 Å². The standard InChI is InChI=1S/C52H57N5O10S/c58-44-22-20-42(43-21-23-48(60)55-50(43)44)45(59)32-53-26-7-13-37-9-4-5-15-47(37)68(63,64)54-27-8-30-65-51(61)39-18-16-35(17-19-39)34-66-41-14-6-12-40(31-41)49(38-10-2-1-3-11-38)56-52(62)67-46-33-57-28-24-36(46)25-29-57/h1-6,9-12,14-23,31,36,45-46,49,53-54,58-59H,7-8,13,24-30,32-34H2,(H,55,60)(H,56,62)/t45-,46-,49-/m0/s1. The fraction of sp³-hybridized carbons (Fsp3) is 0.327. The van der Waals surface area contributed by atoms with Crippen molar-refractivity contribution in [1.82, 2.24) is 25.2 Å². The van der Waals surface area contributed by atoms with Gasteiger partial charge < -0.3 is 40.0 Å². The minimum Gasteiger partial charge on any atom is -0.506 e. The molecule has 0 unspecified atom stereocenters. The number of aryl methyl sites for hydroxylation is 1. The second-order valence-electron chi connectivity index (χ2n) is 17.2. The molecule has 3 aliphatic heterocycles. The maximum Gasteiger partial charge on any atom is 0.408 e. The van der Waals surface area contributed by atoms with Gasteiger partial charge in [-0.05, 0) is 128 Å². The van der Waals surface area contributed by atoms with Crippen molar-refractivity contribution < 1.29 is 42.4 Å². The highest BCUT2D eigenvalue weighted by molar-refractivity contribution is 7.89. The maximum absolute atomic E-state index is 13.3. The van der Waals surface area contributed by atoms with Gasteiger partial charge in [0.15, 0.2) is 0 Å². The van der Waals surface area contributed by atoms with Gasteiger partial charge >= 0.3 is 12.1 Å². The number of phenols is 1. The fourth-order valence-electron chi connectivity index (χ4n) is 8.91. The van der Waals surface area contributed by atoms with E-state index in [0.29, 0.717) is 53.1 Å². The lowest BCUT2D eigenvalue weighted by Crippen LogP contribution is -2.52. The summed E-state index contributed by atoms with van der Waals surface area (Å²) in [6, 6.07) is 36.5. The van der Waals surface area contributed by atoms with Crippen LogP contribution >= 0.6 is 0 Å². The molecule has 1 aromatic heterocycles. The van der Waals surface area contributed by atoms with Crippen LogP contribution in [0.15, 0.2) is 137 Å². The summed E-state index contributed by atoms with van der Waals surface area (Å²) in [5.41, 5.74) is 4.04. The number of ether oxygens (including phenoxy) is 3. The molecule has 5 aromatic carbocycles. The summed E-state index contributed by atoms with van der Waals surface area (Å²) in [5, 5.41) is 27.8. The molecule has 9 rings (SSSR count). The number of aromatic nitrogens is 1. The zero-order chi connectivity index (χ0) is 47.5. The molecule has 15 nitrogen and oxygen atoms in total. The third-order valence-electron chi connectivity index (χ3n) is 12.5. The molecule has 3 saturated heterocycles. The summed E-state index contributed by atoms with van der Waals surface area (Å²) in [7, 11) is -3.86. The average molecular weight is 944 g/mol. The molecule has 1 amide bonds. The van der Waals surface area contributed by atoms with Gasteiger partial charge in [-0.2, -0.15) is 0 Å². The minimum atomic E-state index is -3.86. The Morgan fingerprint density at radius 2 is 1.60 bits per heavy atom. The Bertz CT molecular complexity index is 2830. The van der Waals surface area contributed by atoms with Crippen LogP contribution in [0.3, 0.4) is 0 Å². The van der Waals surface area contributed by atoms with Gasteiger partial charge in [0.05, 0.1) is 34.7 Å². The van der Waals surface area contributed by atoms with Crippen molar-refractivity contribution >= 4 is 33.0 Å². The fourth-order valence-corrected chi connectivity index (χ4v) is 10.2. The number of hydrogen-bond donors (Lipinski definition) is 6. The molecule has 0 saturated carbocycles. The predicted octanol–water partition coefficient (Wildman–Crippen LogP) is 6.50. The summed E-state index contributed by atoms with van der Waals surface area (Å²) in [5.74, 6) is 0.400. The molecule has 0 spiro atoms. The zero-order valence-corrected chi connectivity index (χ0v) is 38.5. The Hall–Kier alpha value is -6.56. The molecule has 3 atom stereocenters. The van der Waals surface area contributed by atoms with Crippen molar-refractivity contribution in [3.63, 3.8) is 0 Å². The van der Waals surface area contributed by atoms with Gasteiger partial charge in [0.1, 0.15) is 24.2 Å². The number of hydrogen-bond acceptors (Lipinski definition) is 12. The van der Waals surface area contributed by atoms with E-state index in [9.17, 15) is 33.0 Å². The molecule has 4 heterocycles. The quantitative estimate of drug-likeness (QED) is 0.0338. The number of amides is 1. The summed E-state index contributed by atoms with van der Waals surface area (Å²) in [4.78, 5) is 43.0. The number of benzene rings is 5. The largest absolute Gasteiger partial charge is 0.506 e. The highest BCUT2D eigenvalue weighted by Crippen LogP contribution is 2.32. The Kier molecular flexibility index (Phi) is 15.8. The topological polar surface area (TPSA) is 209 Å². The maximum atomic E-state index is 13.3. The number of nitrogens with one attached hydrogen (secondary N) is 4. The third-order valence-corrected chi connectivity index (χ3v) is 14.1. The number of aromatic hydroxyl groups is 1. The van der Waals surface area contributed by atoms with E-state index in [2.05, 4.69) is 25.2 Å². The number of rotatable bonds is 21. The molecule has 0 radical (unpaired) electrons. The number of esters is 1. The number of piperidine rings is 3. The number of sulfonamides is 1. The van der Waals surface area contributed by atoms with Gasteiger partial charge in [-0.15, -0.1) is 0 Å². The van der Waals surface area contributed by atoms with Crippen LogP contribution in [0.4, 0.5) is 4.79 Å². The number of fused-ring (bicyclic) bond motifs is 4. The molecule has 2 bridgehead atoms. The number of aromatic amines is 1. The van der Waals surface area contributed by atoms with Crippen molar-refractivity contribution in [2.45, 2.75) is 61.9 Å². The minimum absolute atomic E-state index is 0.00978. The van der Waals surface area contributed by atoms with E-state index in [4.69, 9.17) is 14.2 Å². The van der Waals surface area contributed by atoms with E-state index in [1.165, 1.54) is 12.1 Å². The van der Waals surface area contributed by atoms with Crippen LogP contribution in [0.25, 0.3) is 10.9 Å². The number of alkyl carbamates (subject to hydrolysis) is 1. The van der Waals surface area contributed by atoms with Crippen molar-refractivity contribution in [3.05, 3.63) is 171 Å². The molecule has 3 aliphatic rings. The SMILES string of the molecule is O=C(N[C@@H](c1ccccc1)c1cccc(OCc2ccc(C(=O)OCCCNS(=O)(=O)c3ccccc3CCCNC[C@H](O)c3ccc(O)c4[nH]c(=O)ccc34)cc2)c1)O[C@H]1CN2CCC1CC2. The molecule has 0 aliphatic carbocycles. The lowest BCUT2D eigenvalue weighted by Gasteiger charge is -2.43. The summed E-state index contributed by atoms with van der Waals surface area (Å²) < 4.78 is 46.8. The van der Waals surface area contributed by atoms with Crippen molar-refractivity contribution in [3.8, 4) is 11.5 Å². The Morgan fingerprint density at radius 3 is 2.38 bits per heavy atom. The zero-order valence-electron chi connectivity index (χ0n) is 37.6. The summed E-state index contributed by atoms with van der Waals surface area (Å²) in [6.45, 7) is 3.91. The van der Waals surface area contributed by atoms with Gasteiger partial charge in [-0.25, -0.2) is 22.7 Å². The van der Waals surface area contributed by atoms with Crippen molar-refractivity contribution in [1.29, 1.82) is 0 Å². The number of aliphatic hydroxyl groups is 1.